The quantitative estimate of drug-likeness (QED) is 0.249. The van der Waals surface area contributed by atoms with Crippen molar-refractivity contribution in [3.8, 4) is 17.2 Å². The van der Waals surface area contributed by atoms with Crippen molar-refractivity contribution in [2.75, 3.05) is 19.5 Å². The smallest absolute Gasteiger partial charge is 0.312 e. The molecular weight excluding hydrogens is 764 g/mol. The SMILES string of the molecule is COc1ccccc1NC1=C2NC(=O)C(C)=CC=CC(C)C(O)C(C)C(O)C(C)C(OC(C)=O)C(C)C(OC)C=COC3(C)Oc4c(C)c(O)c(c(c4C3=O)C1=O)C2=O. The zero-order valence-electron chi connectivity index (χ0n) is 34.7. The molecule has 3 aliphatic heterocycles. The topological polar surface area (TPSA) is 216 Å². The fourth-order valence-electron chi connectivity index (χ4n) is 7.69. The van der Waals surface area contributed by atoms with E-state index in [1.165, 1.54) is 60.1 Å². The summed E-state index contributed by atoms with van der Waals surface area (Å²) in [7, 11) is 2.82. The number of aliphatic hydroxyl groups is 2. The van der Waals surface area contributed by atoms with Crippen LogP contribution in [0.5, 0.6) is 17.2 Å². The van der Waals surface area contributed by atoms with Gasteiger partial charge in [-0.3, -0.25) is 24.0 Å². The van der Waals surface area contributed by atoms with E-state index in [4.69, 9.17) is 23.7 Å². The van der Waals surface area contributed by atoms with Crippen LogP contribution in [-0.4, -0.2) is 89.0 Å². The second-order valence-corrected chi connectivity index (χ2v) is 15.4. The molecule has 5 bridgehead atoms. The number of aliphatic hydroxyl groups excluding tert-OH is 2. The van der Waals surface area contributed by atoms with Gasteiger partial charge in [0.15, 0.2) is 0 Å². The molecule has 5 N–H and O–H groups in total. The Hall–Kier alpha value is -5.77. The van der Waals surface area contributed by atoms with Crippen molar-refractivity contribution >= 4 is 34.9 Å². The number of phenols is 1. The average Bonchev–Trinajstić information content (AvgIpc) is 3.47. The number of allylic oxidation sites excluding steroid dienone is 4. The van der Waals surface area contributed by atoms with Crippen molar-refractivity contribution in [3.63, 3.8) is 0 Å². The summed E-state index contributed by atoms with van der Waals surface area (Å²) in [6.45, 7) is 12.3. The lowest BCUT2D eigenvalue weighted by molar-refractivity contribution is -0.160. The Bertz CT molecular complexity index is 2170. The number of amides is 1. The number of rotatable bonds is 5. The standard InChI is InChI=1S/C44H52N2O13/c1-20-14-13-15-21(2)43(54)46-34-33(45-27-16-11-12-17-29(27)56-10)38(51)30-31(39(34)52)37(50)25(6)41-32(30)42(53)44(8,59-41)57-19-18-28(55-9)22(3)40(58-26(7)47)24(5)36(49)23(4)35(20)48/h11-20,22-24,28,35-36,40,45,48-50H,1-10H3,(H,46,54). The summed E-state index contributed by atoms with van der Waals surface area (Å²) in [5.74, 6) is -9.35. The molecule has 0 aromatic heterocycles. The number of anilines is 1. The van der Waals surface area contributed by atoms with Crippen molar-refractivity contribution in [2.24, 2.45) is 23.7 Å². The highest BCUT2D eigenvalue weighted by Gasteiger charge is 2.53. The Morgan fingerprint density at radius 2 is 1.58 bits per heavy atom. The van der Waals surface area contributed by atoms with Crippen LogP contribution in [0.15, 0.2) is 71.8 Å². The lowest BCUT2D eigenvalue weighted by atomic mass is 9.78. The molecule has 0 radical (unpaired) electrons. The van der Waals surface area contributed by atoms with Crippen LogP contribution in [0.2, 0.25) is 0 Å². The highest BCUT2D eigenvalue weighted by molar-refractivity contribution is 6.33. The molecule has 6 rings (SSSR count). The number of fused-ring (bicyclic) bond motifs is 14. The monoisotopic (exact) mass is 816 g/mol. The van der Waals surface area contributed by atoms with Gasteiger partial charge in [0, 0.05) is 55.8 Å². The Morgan fingerprint density at radius 3 is 2.22 bits per heavy atom. The zero-order valence-corrected chi connectivity index (χ0v) is 34.7. The predicted molar refractivity (Wildman–Crippen MR) is 215 cm³/mol. The van der Waals surface area contributed by atoms with Crippen molar-refractivity contribution in [2.45, 2.75) is 85.6 Å². The van der Waals surface area contributed by atoms with Crippen LogP contribution in [0.25, 0.3) is 0 Å². The number of ketones is 3. The van der Waals surface area contributed by atoms with E-state index in [9.17, 15) is 39.3 Å². The second kappa shape index (κ2) is 17.6. The third-order valence-corrected chi connectivity index (χ3v) is 11.3. The van der Waals surface area contributed by atoms with Crippen LogP contribution in [-0.2, 0) is 23.8 Å². The molecule has 0 saturated carbocycles. The largest absolute Gasteiger partial charge is 0.507 e. The van der Waals surface area contributed by atoms with E-state index in [0.29, 0.717) is 0 Å². The molecule has 1 aliphatic carbocycles. The minimum Gasteiger partial charge on any atom is -0.507 e. The first-order valence-corrected chi connectivity index (χ1v) is 19.2. The van der Waals surface area contributed by atoms with Crippen molar-refractivity contribution in [1.29, 1.82) is 0 Å². The third kappa shape index (κ3) is 8.40. The Labute approximate surface area is 342 Å². The number of hydrogen-bond donors (Lipinski definition) is 5. The van der Waals surface area contributed by atoms with Gasteiger partial charge in [0.2, 0.25) is 11.6 Å². The number of para-hydroxylation sites is 2. The number of esters is 1. The van der Waals surface area contributed by atoms with Crippen LogP contribution < -0.4 is 20.1 Å². The first-order valence-electron chi connectivity index (χ1n) is 19.2. The summed E-state index contributed by atoms with van der Waals surface area (Å²) in [6.07, 6.45) is 3.26. The molecule has 9 unspecified atom stereocenters. The molecule has 15 nitrogen and oxygen atoms in total. The van der Waals surface area contributed by atoms with Gasteiger partial charge >= 0.3 is 11.8 Å². The van der Waals surface area contributed by atoms with Crippen LogP contribution in [0.3, 0.4) is 0 Å². The molecule has 2 aromatic carbocycles. The molecule has 0 saturated heterocycles. The number of carbonyl (C=O) groups excluding carboxylic acids is 5. The van der Waals surface area contributed by atoms with Crippen molar-refractivity contribution in [3.05, 3.63) is 94.1 Å². The molecule has 3 heterocycles. The maximum atomic E-state index is 14.7. The Morgan fingerprint density at radius 1 is 0.898 bits per heavy atom. The molecule has 0 fully saturated rings. The van der Waals surface area contributed by atoms with Crippen LogP contribution in [0.1, 0.15) is 85.1 Å². The number of methoxy groups -OCH3 is 2. The summed E-state index contributed by atoms with van der Waals surface area (Å²) >= 11 is 0. The maximum Gasteiger partial charge on any atom is 0.312 e. The van der Waals surface area contributed by atoms with E-state index < -0.39 is 111 Å². The first kappa shape index (κ1) is 44.3. The highest BCUT2D eigenvalue weighted by atomic mass is 16.7. The predicted octanol–water partition coefficient (Wildman–Crippen LogP) is 5.08. The summed E-state index contributed by atoms with van der Waals surface area (Å²) in [5, 5.41) is 39.8. The summed E-state index contributed by atoms with van der Waals surface area (Å²) in [6, 6.07) is 6.53. The van der Waals surface area contributed by atoms with Gasteiger partial charge in [-0.2, -0.15) is 0 Å². The number of nitrogens with one attached hydrogen (secondary N) is 2. The molecule has 4 aliphatic rings. The minimum absolute atomic E-state index is 0.0335. The molecule has 1 amide bonds. The van der Waals surface area contributed by atoms with Gasteiger partial charge in [0.1, 0.15) is 34.7 Å². The fourth-order valence-corrected chi connectivity index (χ4v) is 7.69. The fraction of sp³-hybridized carbons (Fsp3) is 0.432. The molecule has 2 aromatic rings. The third-order valence-electron chi connectivity index (χ3n) is 11.3. The van der Waals surface area contributed by atoms with E-state index in [-0.39, 0.29) is 33.9 Å². The van der Waals surface area contributed by atoms with Gasteiger partial charge in [-0.1, -0.05) is 58.1 Å². The van der Waals surface area contributed by atoms with E-state index in [1.54, 1.807) is 58.0 Å². The van der Waals surface area contributed by atoms with E-state index in [1.807, 2.05) is 0 Å². The van der Waals surface area contributed by atoms with Crippen LogP contribution >= 0.6 is 0 Å². The normalized spacial score (nSPS) is 29.1. The summed E-state index contributed by atoms with van der Waals surface area (Å²) in [4.78, 5) is 69.7. The van der Waals surface area contributed by atoms with Crippen molar-refractivity contribution in [1.82, 2.24) is 5.32 Å². The summed E-state index contributed by atoms with van der Waals surface area (Å²) in [5.41, 5.74) is -1.90. The van der Waals surface area contributed by atoms with Crippen molar-refractivity contribution < 1.29 is 63.0 Å². The highest BCUT2D eigenvalue weighted by Crippen LogP contribution is 2.49. The van der Waals surface area contributed by atoms with Gasteiger partial charge in [-0.15, -0.1) is 0 Å². The number of Topliss-reactive ketones (excluding diaryl/α,β-unsaturated/α-hetero) is 3. The number of aromatic hydroxyl groups is 1. The number of benzene rings is 2. The number of ether oxygens (including phenoxy) is 5. The van der Waals surface area contributed by atoms with Crippen LogP contribution in [0, 0.1) is 30.6 Å². The first-order chi connectivity index (χ1) is 27.8. The van der Waals surface area contributed by atoms with Gasteiger partial charge in [0.25, 0.3) is 11.7 Å². The number of phenolic OH excluding ortho intramolecular Hbond substituents is 1. The Balaban J connectivity index is 1.70. The average molecular weight is 817 g/mol. The maximum absolute atomic E-state index is 14.7. The molecule has 9 atom stereocenters. The zero-order chi connectivity index (χ0) is 43.7. The van der Waals surface area contributed by atoms with Crippen LogP contribution in [0.4, 0.5) is 5.69 Å². The lowest BCUT2D eigenvalue weighted by Gasteiger charge is -2.38. The lowest BCUT2D eigenvalue weighted by Crippen LogP contribution is -2.46. The van der Waals surface area contributed by atoms with E-state index in [2.05, 4.69) is 10.6 Å². The molecular formula is C44H52N2O13. The van der Waals surface area contributed by atoms with Gasteiger partial charge in [-0.05, 0) is 32.1 Å². The van der Waals surface area contributed by atoms with E-state index in [0.717, 1.165) is 6.26 Å². The van der Waals surface area contributed by atoms with Gasteiger partial charge in [-0.25, -0.2) is 0 Å². The Kier molecular flexibility index (Phi) is 13.2. The second-order valence-electron chi connectivity index (χ2n) is 15.4. The minimum atomic E-state index is -2.12. The molecule has 316 valence electrons. The van der Waals surface area contributed by atoms with Gasteiger partial charge in [0.05, 0.1) is 54.1 Å². The van der Waals surface area contributed by atoms with E-state index >= 15 is 0 Å². The molecule has 59 heavy (non-hydrogen) atoms. The molecule has 15 heteroatoms. The number of hydrogen-bond acceptors (Lipinski definition) is 14. The van der Waals surface area contributed by atoms with Gasteiger partial charge < -0.3 is 49.6 Å². The summed E-state index contributed by atoms with van der Waals surface area (Å²) < 4.78 is 28.9. The molecule has 0 spiro atoms. The number of carbonyl (C=O) groups is 5.